The number of hydrogen-bond acceptors (Lipinski definition) is 3. The highest BCUT2D eigenvalue weighted by Crippen LogP contribution is 2.36. The Morgan fingerprint density at radius 1 is 1.50 bits per heavy atom. The van der Waals surface area contributed by atoms with E-state index in [4.69, 9.17) is 5.73 Å². The quantitative estimate of drug-likeness (QED) is 0.834. The summed E-state index contributed by atoms with van der Waals surface area (Å²) in [6.45, 7) is 8.95. The van der Waals surface area contributed by atoms with Crippen molar-refractivity contribution in [3.8, 4) is 0 Å². The smallest absolute Gasteiger partial charge is 0.266 e. The van der Waals surface area contributed by atoms with Crippen molar-refractivity contribution >= 4 is 48.9 Å². The van der Waals surface area contributed by atoms with E-state index in [0.29, 0.717) is 23.7 Å². The zero-order valence-electron chi connectivity index (χ0n) is 11.6. The van der Waals surface area contributed by atoms with E-state index in [2.05, 4.69) is 22.5 Å². The maximum absolute atomic E-state index is 12.6. The lowest BCUT2D eigenvalue weighted by Crippen LogP contribution is -2.32. The molecule has 0 bridgehead atoms. The van der Waals surface area contributed by atoms with Crippen molar-refractivity contribution < 1.29 is 4.79 Å². The first-order valence-electron chi connectivity index (χ1n) is 6.35. The Kier molecular flexibility index (Phi) is 4.50. The van der Waals surface area contributed by atoms with Crippen LogP contribution in [0.2, 0.25) is 0 Å². The molecule has 2 N–H and O–H groups in total. The predicted molar refractivity (Wildman–Crippen MR) is 90.3 cm³/mol. The van der Waals surface area contributed by atoms with Crippen LogP contribution in [-0.2, 0) is 0 Å². The Labute approximate surface area is 131 Å². The molecule has 2 rings (SSSR count). The lowest BCUT2D eigenvalue weighted by molar-refractivity contribution is 0.0784. The van der Waals surface area contributed by atoms with Gasteiger partial charge in [-0.1, -0.05) is 28.1 Å². The molecule has 1 amide bonds. The predicted octanol–water partition coefficient (Wildman–Crippen LogP) is 4.28. The SMILES string of the molecule is C=C(C)CN(CC)C(=O)c1sc2ccc(Br)cc2c1N. The van der Waals surface area contributed by atoms with Crippen LogP contribution in [0.5, 0.6) is 0 Å². The molecule has 0 atom stereocenters. The number of halogens is 1. The fourth-order valence-electron chi connectivity index (χ4n) is 2.04. The van der Waals surface area contributed by atoms with Gasteiger partial charge in [0, 0.05) is 27.6 Å². The number of nitrogens with two attached hydrogens (primary N) is 1. The zero-order chi connectivity index (χ0) is 14.9. The first-order valence-corrected chi connectivity index (χ1v) is 7.96. The van der Waals surface area contributed by atoms with Crippen molar-refractivity contribution in [2.24, 2.45) is 0 Å². The van der Waals surface area contributed by atoms with E-state index in [1.165, 1.54) is 11.3 Å². The lowest BCUT2D eigenvalue weighted by Gasteiger charge is -2.20. The summed E-state index contributed by atoms with van der Waals surface area (Å²) in [5, 5.41) is 0.930. The number of nitrogen functional groups attached to an aromatic ring is 1. The van der Waals surface area contributed by atoms with Gasteiger partial charge in [0.2, 0.25) is 0 Å². The Morgan fingerprint density at radius 2 is 2.20 bits per heavy atom. The molecular weight excluding hydrogens is 336 g/mol. The Morgan fingerprint density at radius 3 is 2.80 bits per heavy atom. The minimum Gasteiger partial charge on any atom is -0.397 e. The third-order valence-corrected chi connectivity index (χ3v) is 4.68. The molecule has 1 heterocycles. The summed E-state index contributed by atoms with van der Waals surface area (Å²) in [5.74, 6) is -0.0228. The number of hydrogen-bond donors (Lipinski definition) is 1. The molecule has 0 saturated carbocycles. The number of anilines is 1. The normalized spacial score (nSPS) is 10.8. The van der Waals surface area contributed by atoms with Crippen molar-refractivity contribution in [3.05, 3.63) is 39.7 Å². The van der Waals surface area contributed by atoms with E-state index in [-0.39, 0.29) is 5.91 Å². The maximum Gasteiger partial charge on any atom is 0.266 e. The van der Waals surface area contributed by atoms with Gasteiger partial charge in [-0.15, -0.1) is 11.3 Å². The van der Waals surface area contributed by atoms with Gasteiger partial charge in [-0.3, -0.25) is 4.79 Å². The van der Waals surface area contributed by atoms with Crippen LogP contribution in [0.4, 0.5) is 5.69 Å². The van der Waals surface area contributed by atoms with Gasteiger partial charge in [-0.2, -0.15) is 0 Å². The van der Waals surface area contributed by atoms with Crippen molar-refractivity contribution in [1.29, 1.82) is 0 Å². The minimum atomic E-state index is -0.0228. The Balaban J connectivity index is 2.44. The lowest BCUT2D eigenvalue weighted by atomic mass is 10.2. The molecule has 0 aliphatic rings. The van der Waals surface area contributed by atoms with Crippen LogP contribution in [0.15, 0.2) is 34.8 Å². The number of amides is 1. The van der Waals surface area contributed by atoms with E-state index in [0.717, 1.165) is 20.1 Å². The second kappa shape index (κ2) is 5.97. The van der Waals surface area contributed by atoms with Crippen LogP contribution >= 0.6 is 27.3 Å². The van der Waals surface area contributed by atoms with Gasteiger partial charge in [0.25, 0.3) is 5.91 Å². The number of benzene rings is 1. The monoisotopic (exact) mass is 352 g/mol. The van der Waals surface area contributed by atoms with Crippen LogP contribution in [0, 0.1) is 0 Å². The molecule has 0 saturated heterocycles. The fourth-order valence-corrected chi connectivity index (χ4v) is 3.48. The summed E-state index contributed by atoms with van der Waals surface area (Å²) in [5.41, 5.74) is 7.68. The molecule has 106 valence electrons. The maximum atomic E-state index is 12.6. The van der Waals surface area contributed by atoms with Crippen LogP contribution < -0.4 is 5.73 Å². The number of rotatable bonds is 4. The Bertz CT molecular complexity index is 678. The highest BCUT2D eigenvalue weighted by molar-refractivity contribution is 9.10. The number of likely N-dealkylation sites (N-methyl/N-ethyl adjacent to an activating group) is 1. The van der Waals surface area contributed by atoms with Gasteiger partial charge in [0.1, 0.15) is 4.88 Å². The first kappa shape index (κ1) is 15.1. The molecule has 2 aromatic rings. The first-order chi connectivity index (χ1) is 9.43. The van der Waals surface area contributed by atoms with Gasteiger partial charge < -0.3 is 10.6 Å². The van der Waals surface area contributed by atoms with E-state index in [1.54, 1.807) is 4.90 Å². The van der Waals surface area contributed by atoms with E-state index >= 15 is 0 Å². The highest BCUT2D eigenvalue weighted by Gasteiger charge is 2.21. The Hall–Kier alpha value is -1.33. The molecule has 0 aliphatic heterocycles. The molecule has 3 nitrogen and oxygen atoms in total. The van der Waals surface area contributed by atoms with E-state index in [1.807, 2.05) is 32.0 Å². The van der Waals surface area contributed by atoms with Crippen molar-refractivity contribution in [2.45, 2.75) is 13.8 Å². The summed E-state index contributed by atoms with van der Waals surface area (Å²) in [6, 6.07) is 5.89. The number of carbonyl (C=O) groups excluding carboxylic acids is 1. The number of nitrogens with zero attached hydrogens (tertiary/aromatic N) is 1. The fraction of sp³-hybridized carbons (Fsp3) is 0.267. The second-order valence-electron chi connectivity index (χ2n) is 4.76. The molecule has 0 spiro atoms. The van der Waals surface area contributed by atoms with Gasteiger partial charge in [-0.25, -0.2) is 0 Å². The van der Waals surface area contributed by atoms with E-state index in [9.17, 15) is 4.79 Å². The molecule has 1 aromatic heterocycles. The van der Waals surface area contributed by atoms with Crippen molar-refractivity contribution in [1.82, 2.24) is 4.90 Å². The van der Waals surface area contributed by atoms with Gasteiger partial charge in [-0.05, 0) is 32.0 Å². The second-order valence-corrected chi connectivity index (χ2v) is 6.73. The average molecular weight is 353 g/mol. The molecule has 0 aliphatic carbocycles. The van der Waals surface area contributed by atoms with Crippen molar-refractivity contribution in [3.63, 3.8) is 0 Å². The highest BCUT2D eigenvalue weighted by atomic mass is 79.9. The third-order valence-electron chi connectivity index (χ3n) is 3.01. The molecule has 0 unspecified atom stereocenters. The number of thiophene rings is 1. The standard InChI is InChI=1S/C15H17BrN2OS/c1-4-18(8-9(2)3)15(19)14-13(17)11-7-10(16)5-6-12(11)20-14/h5-7H,2,4,8,17H2,1,3H3. The van der Waals surface area contributed by atoms with Crippen LogP contribution in [0.25, 0.3) is 10.1 Å². The molecule has 0 radical (unpaired) electrons. The average Bonchev–Trinajstić information content (AvgIpc) is 2.72. The summed E-state index contributed by atoms with van der Waals surface area (Å²) in [4.78, 5) is 15.0. The summed E-state index contributed by atoms with van der Waals surface area (Å²) in [6.07, 6.45) is 0. The minimum absolute atomic E-state index is 0.0228. The third kappa shape index (κ3) is 2.88. The van der Waals surface area contributed by atoms with Gasteiger partial charge in [0.05, 0.1) is 5.69 Å². The molecule has 20 heavy (non-hydrogen) atoms. The topological polar surface area (TPSA) is 46.3 Å². The molecule has 1 aromatic carbocycles. The summed E-state index contributed by atoms with van der Waals surface area (Å²) in [7, 11) is 0. The van der Waals surface area contributed by atoms with Crippen LogP contribution in [-0.4, -0.2) is 23.9 Å². The van der Waals surface area contributed by atoms with Crippen LogP contribution in [0.1, 0.15) is 23.5 Å². The molecule has 5 heteroatoms. The van der Waals surface area contributed by atoms with Crippen LogP contribution in [0.3, 0.4) is 0 Å². The number of carbonyl (C=O) groups is 1. The van der Waals surface area contributed by atoms with Gasteiger partial charge >= 0.3 is 0 Å². The largest absolute Gasteiger partial charge is 0.397 e. The van der Waals surface area contributed by atoms with Gasteiger partial charge in [0.15, 0.2) is 0 Å². The molecule has 0 fully saturated rings. The summed E-state index contributed by atoms with van der Waals surface area (Å²) < 4.78 is 1.99. The van der Waals surface area contributed by atoms with Crippen molar-refractivity contribution in [2.75, 3.05) is 18.8 Å². The summed E-state index contributed by atoms with van der Waals surface area (Å²) >= 11 is 4.88. The van der Waals surface area contributed by atoms with E-state index < -0.39 is 0 Å². The zero-order valence-corrected chi connectivity index (χ0v) is 14.0. The molecular formula is C15H17BrN2OS. The number of fused-ring (bicyclic) bond motifs is 1.